The van der Waals surface area contributed by atoms with Crippen LogP contribution in [0.4, 0.5) is 5.82 Å². The smallest absolute Gasteiger partial charge is 0.129 e. The van der Waals surface area contributed by atoms with Gasteiger partial charge in [-0.25, -0.2) is 9.97 Å². The SMILES string of the molecule is CCCCn1ccnc1C1CCN(c2ccc3ccccc3n2)CC1. The topological polar surface area (TPSA) is 34.0 Å². The van der Waals surface area contributed by atoms with Gasteiger partial charge in [0.2, 0.25) is 0 Å². The Bertz CT molecular complexity index is 831. The van der Waals surface area contributed by atoms with Gasteiger partial charge in [-0.15, -0.1) is 0 Å². The summed E-state index contributed by atoms with van der Waals surface area (Å²) in [6.45, 7) is 5.44. The van der Waals surface area contributed by atoms with Crippen molar-refractivity contribution < 1.29 is 0 Å². The number of aromatic nitrogens is 3. The summed E-state index contributed by atoms with van der Waals surface area (Å²) in [5.41, 5.74) is 1.08. The van der Waals surface area contributed by atoms with Crippen LogP contribution >= 0.6 is 0 Å². The maximum Gasteiger partial charge on any atom is 0.129 e. The molecule has 3 heterocycles. The third-order valence-electron chi connectivity index (χ3n) is 5.27. The fourth-order valence-corrected chi connectivity index (χ4v) is 3.80. The molecule has 1 aliphatic heterocycles. The van der Waals surface area contributed by atoms with Gasteiger partial charge in [-0.2, -0.15) is 0 Å². The highest BCUT2D eigenvalue weighted by molar-refractivity contribution is 5.80. The average molecular weight is 334 g/mol. The predicted octanol–water partition coefficient (Wildman–Crippen LogP) is 4.62. The lowest BCUT2D eigenvalue weighted by atomic mass is 9.95. The van der Waals surface area contributed by atoms with Crippen molar-refractivity contribution in [3.63, 3.8) is 0 Å². The van der Waals surface area contributed by atoms with Crippen molar-refractivity contribution in [2.75, 3.05) is 18.0 Å². The predicted molar refractivity (Wildman–Crippen MR) is 103 cm³/mol. The van der Waals surface area contributed by atoms with E-state index < -0.39 is 0 Å². The average Bonchev–Trinajstić information content (AvgIpc) is 3.14. The normalized spacial score (nSPS) is 15.8. The van der Waals surface area contributed by atoms with Crippen molar-refractivity contribution in [1.82, 2.24) is 14.5 Å². The van der Waals surface area contributed by atoms with Crippen molar-refractivity contribution in [2.24, 2.45) is 0 Å². The summed E-state index contributed by atoms with van der Waals surface area (Å²) in [7, 11) is 0. The van der Waals surface area contributed by atoms with Crippen LogP contribution in [0.25, 0.3) is 10.9 Å². The van der Waals surface area contributed by atoms with Crippen molar-refractivity contribution in [2.45, 2.75) is 45.1 Å². The Hall–Kier alpha value is -2.36. The van der Waals surface area contributed by atoms with Gasteiger partial charge in [0.25, 0.3) is 0 Å². The van der Waals surface area contributed by atoms with E-state index in [0.717, 1.165) is 43.8 Å². The number of para-hydroxylation sites is 1. The van der Waals surface area contributed by atoms with Gasteiger partial charge in [-0.05, 0) is 37.5 Å². The molecule has 0 N–H and O–H groups in total. The monoisotopic (exact) mass is 334 g/mol. The summed E-state index contributed by atoms with van der Waals surface area (Å²) < 4.78 is 2.36. The lowest BCUT2D eigenvalue weighted by molar-refractivity contribution is 0.458. The summed E-state index contributed by atoms with van der Waals surface area (Å²) in [5, 5.41) is 1.21. The van der Waals surface area contributed by atoms with Gasteiger partial charge in [0.1, 0.15) is 11.6 Å². The number of piperidine rings is 1. The van der Waals surface area contributed by atoms with Gasteiger partial charge in [-0.3, -0.25) is 0 Å². The molecule has 0 atom stereocenters. The highest BCUT2D eigenvalue weighted by Gasteiger charge is 2.24. The molecule has 25 heavy (non-hydrogen) atoms. The van der Waals surface area contributed by atoms with Gasteiger partial charge >= 0.3 is 0 Å². The zero-order valence-corrected chi connectivity index (χ0v) is 14.9. The second-order valence-electron chi connectivity index (χ2n) is 6.96. The van der Waals surface area contributed by atoms with Gasteiger partial charge < -0.3 is 9.47 Å². The Morgan fingerprint density at radius 2 is 1.92 bits per heavy atom. The van der Waals surface area contributed by atoms with Crippen molar-refractivity contribution in [3.8, 4) is 0 Å². The number of unbranched alkanes of at least 4 members (excludes halogenated alkanes) is 1. The molecule has 0 bridgehead atoms. The van der Waals surface area contributed by atoms with Crippen LogP contribution in [-0.2, 0) is 6.54 Å². The number of rotatable bonds is 5. The Morgan fingerprint density at radius 3 is 2.76 bits per heavy atom. The molecule has 1 saturated heterocycles. The van der Waals surface area contributed by atoms with Gasteiger partial charge in [0.15, 0.2) is 0 Å². The minimum Gasteiger partial charge on any atom is -0.357 e. The molecule has 4 nitrogen and oxygen atoms in total. The number of fused-ring (bicyclic) bond motifs is 1. The van der Waals surface area contributed by atoms with Crippen molar-refractivity contribution >= 4 is 16.7 Å². The van der Waals surface area contributed by atoms with Gasteiger partial charge in [-0.1, -0.05) is 31.5 Å². The molecule has 0 saturated carbocycles. The van der Waals surface area contributed by atoms with Crippen LogP contribution in [0.15, 0.2) is 48.8 Å². The molecule has 0 aliphatic carbocycles. The molecule has 130 valence electrons. The molecule has 0 amide bonds. The van der Waals surface area contributed by atoms with Gasteiger partial charge in [0, 0.05) is 43.3 Å². The molecule has 1 aliphatic rings. The molecule has 4 heteroatoms. The standard InChI is InChI=1S/C21H26N4/c1-2-3-13-25-16-12-22-21(25)18-10-14-24(15-11-18)20-9-8-17-6-4-5-7-19(17)23-20/h4-9,12,16,18H,2-3,10-11,13-15H2,1H3. The number of pyridine rings is 1. The third-order valence-corrected chi connectivity index (χ3v) is 5.27. The highest BCUT2D eigenvalue weighted by Crippen LogP contribution is 2.29. The number of anilines is 1. The van der Waals surface area contributed by atoms with Crippen LogP contribution < -0.4 is 4.90 Å². The summed E-state index contributed by atoms with van der Waals surface area (Å²) in [6, 6.07) is 12.7. The number of nitrogens with zero attached hydrogens (tertiary/aromatic N) is 4. The van der Waals surface area contributed by atoms with Crippen molar-refractivity contribution in [3.05, 3.63) is 54.6 Å². The molecular formula is C21H26N4. The van der Waals surface area contributed by atoms with Gasteiger partial charge in [0.05, 0.1) is 5.52 Å². The fourth-order valence-electron chi connectivity index (χ4n) is 3.80. The van der Waals surface area contributed by atoms with Crippen LogP contribution in [0, 0.1) is 0 Å². The summed E-state index contributed by atoms with van der Waals surface area (Å²) in [5.74, 6) is 2.95. The first kappa shape index (κ1) is 16.1. The molecule has 0 radical (unpaired) electrons. The molecule has 4 rings (SSSR count). The Morgan fingerprint density at radius 1 is 1.08 bits per heavy atom. The number of benzene rings is 1. The largest absolute Gasteiger partial charge is 0.357 e. The van der Waals surface area contributed by atoms with E-state index in [1.165, 1.54) is 24.1 Å². The number of hydrogen-bond donors (Lipinski definition) is 0. The summed E-state index contributed by atoms with van der Waals surface area (Å²) in [6.07, 6.45) is 8.85. The van der Waals surface area contributed by atoms with Crippen molar-refractivity contribution in [1.29, 1.82) is 0 Å². The van der Waals surface area contributed by atoms with E-state index >= 15 is 0 Å². The molecular weight excluding hydrogens is 308 g/mol. The zero-order chi connectivity index (χ0) is 17.1. The molecule has 1 aromatic carbocycles. The maximum absolute atomic E-state index is 4.85. The van der Waals surface area contributed by atoms with E-state index in [9.17, 15) is 0 Å². The van der Waals surface area contributed by atoms with E-state index in [-0.39, 0.29) is 0 Å². The first-order valence-corrected chi connectivity index (χ1v) is 9.47. The Labute approximate surface area is 149 Å². The van der Waals surface area contributed by atoms with E-state index in [1.807, 2.05) is 6.20 Å². The van der Waals surface area contributed by atoms with E-state index in [2.05, 4.69) is 64.0 Å². The molecule has 0 unspecified atom stereocenters. The fraction of sp³-hybridized carbons (Fsp3) is 0.429. The second kappa shape index (κ2) is 7.26. The molecule has 0 spiro atoms. The number of aryl methyl sites for hydroxylation is 1. The minimum absolute atomic E-state index is 0.573. The maximum atomic E-state index is 4.85. The Kier molecular flexibility index (Phi) is 4.68. The number of imidazole rings is 1. The first-order valence-electron chi connectivity index (χ1n) is 9.47. The quantitative estimate of drug-likeness (QED) is 0.683. The Balaban J connectivity index is 1.45. The highest BCUT2D eigenvalue weighted by atomic mass is 15.2. The minimum atomic E-state index is 0.573. The third kappa shape index (κ3) is 3.39. The lowest BCUT2D eigenvalue weighted by Gasteiger charge is -2.32. The lowest BCUT2D eigenvalue weighted by Crippen LogP contribution is -2.34. The zero-order valence-electron chi connectivity index (χ0n) is 14.9. The molecule has 2 aromatic heterocycles. The second-order valence-corrected chi connectivity index (χ2v) is 6.96. The molecule has 3 aromatic rings. The number of hydrogen-bond acceptors (Lipinski definition) is 3. The summed E-state index contributed by atoms with van der Waals surface area (Å²) >= 11 is 0. The van der Waals surface area contributed by atoms with E-state index in [0.29, 0.717) is 5.92 Å². The van der Waals surface area contributed by atoms with Crippen LogP contribution in [-0.4, -0.2) is 27.6 Å². The van der Waals surface area contributed by atoms with Crippen LogP contribution in [0.1, 0.15) is 44.3 Å². The first-order chi connectivity index (χ1) is 12.3. The molecule has 1 fully saturated rings. The summed E-state index contributed by atoms with van der Waals surface area (Å²) in [4.78, 5) is 11.9. The van der Waals surface area contributed by atoms with Crippen LogP contribution in [0.2, 0.25) is 0 Å². The van der Waals surface area contributed by atoms with Crippen LogP contribution in [0.3, 0.4) is 0 Å². The van der Waals surface area contributed by atoms with E-state index in [1.54, 1.807) is 0 Å². The van der Waals surface area contributed by atoms with E-state index in [4.69, 9.17) is 4.98 Å². The van der Waals surface area contributed by atoms with Crippen LogP contribution in [0.5, 0.6) is 0 Å².